The number of aliphatic hydroxyl groups is 1. The van der Waals surface area contributed by atoms with Crippen LogP contribution in [0.4, 0.5) is 10.2 Å². The molecule has 0 saturated carbocycles. The first-order valence-electron chi connectivity index (χ1n) is 4.77. The Labute approximate surface area is 82.2 Å². The standard InChI is InChI=1S/C10H13FN2O/c11-9-2-1-4-12-10(9)13-5-3-8(6-13)7-14/h1-2,4,8,14H,3,5-7H2. The maximum Gasteiger partial charge on any atom is 0.165 e. The Morgan fingerprint density at radius 3 is 3.14 bits per heavy atom. The van der Waals surface area contributed by atoms with Gasteiger partial charge >= 0.3 is 0 Å². The number of halogens is 1. The van der Waals surface area contributed by atoms with Crippen LogP contribution in [0.15, 0.2) is 18.3 Å². The molecule has 1 aliphatic rings. The molecule has 1 fully saturated rings. The van der Waals surface area contributed by atoms with E-state index in [2.05, 4.69) is 4.98 Å². The van der Waals surface area contributed by atoms with Gasteiger partial charge in [-0.15, -0.1) is 0 Å². The van der Waals surface area contributed by atoms with Crippen LogP contribution < -0.4 is 4.90 Å². The molecular formula is C10H13FN2O. The molecule has 2 heterocycles. The van der Waals surface area contributed by atoms with E-state index in [1.165, 1.54) is 6.07 Å². The minimum atomic E-state index is -0.286. The van der Waals surface area contributed by atoms with Crippen molar-refractivity contribution in [2.75, 3.05) is 24.6 Å². The SMILES string of the molecule is OCC1CCN(c2ncccc2F)C1. The van der Waals surface area contributed by atoms with Gasteiger partial charge in [0.05, 0.1) is 0 Å². The Kier molecular flexibility index (Phi) is 2.63. The highest BCUT2D eigenvalue weighted by atomic mass is 19.1. The van der Waals surface area contributed by atoms with Crippen molar-refractivity contribution in [3.05, 3.63) is 24.1 Å². The summed E-state index contributed by atoms with van der Waals surface area (Å²) in [7, 11) is 0. The highest BCUT2D eigenvalue weighted by molar-refractivity contribution is 5.40. The van der Waals surface area contributed by atoms with Crippen molar-refractivity contribution in [3.63, 3.8) is 0 Å². The van der Waals surface area contributed by atoms with Gasteiger partial charge < -0.3 is 10.0 Å². The molecule has 1 saturated heterocycles. The molecule has 1 atom stereocenters. The summed E-state index contributed by atoms with van der Waals surface area (Å²) >= 11 is 0. The van der Waals surface area contributed by atoms with E-state index < -0.39 is 0 Å². The van der Waals surface area contributed by atoms with Gasteiger partial charge in [-0.3, -0.25) is 0 Å². The fourth-order valence-electron chi connectivity index (χ4n) is 1.78. The molecule has 4 heteroatoms. The third-order valence-corrected chi connectivity index (χ3v) is 2.58. The Morgan fingerprint density at radius 1 is 1.64 bits per heavy atom. The van der Waals surface area contributed by atoms with Gasteiger partial charge in [-0.1, -0.05) is 0 Å². The van der Waals surface area contributed by atoms with Crippen molar-refractivity contribution in [1.82, 2.24) is 4.98 Å². The van der Waals surface area contributed by atoms with Crippen molar-refractivity contribution in [2.45, 2.75) is 6.42 Å². The molecule has 1 unspecified atom stereocenters. The van der Waals surface area contributed by atoms with Crippen LogP contribution in [-0.2, 0) is 0 Å². The van der Waals surface area contributed by atoms with Crippen molar-refractivity contribution < 1.29 is 9.50 Å². The van der Waals surface area contributed by atoms with E-state index in [9.17, 15) is 4.39 Å². The molecule has 0 spiro atoms. The average molecular weight is 196 g/mol. The molecule has 1 aliphatic heterocycles. The number of hydrogen-bond donors (Lipinski definition) is 1. The molecule has 0 aliphatic carbocycles. The van der Waals surface area contributed by atoms with Gasteiger partial charge in [0.1, 0.15) is 0 Å². The highest BCUT2D eigenvalue weighted by Gasteiger charge is 2.24. The van der Waals surface area contributed by atoms with Crippen LogP contribution in [0, 0.1) is 11.7 Å². The van der Waals surface area contributed by atoms with E-state index in [-0.39, 0.29) is 18.3 Å². The van der Waals surface area contributed by atoms with Crippen LogP contribution in [0.25, 0.3) is 0 Å². The number of pyridine rings is 1. The Bertz CT molecular complexity index is 319. The first kappa shape index (κ1) is 9.40. The number of aliphatic hydroxyl groups excluding tert-OH is 1. The molecule has 0 amide bonds. The highest BCUT2D eigenvalue weighted by Crippen LogP contribution is 2.23. The van der Waals surface area contributed by atoms with Crippen LogP contribution in [-0.4, -0.2) is 29.8 Å². The van der Waals surface area contributed by atoms with E-state index >= 15 is 0 Å². The summed E-state index contributed by atoms with van der Waals surface area (Å²) in [6, 6.07) is 2.99. The van der Waals surface area contributed by atoms with Gasteiger partial charge in [-0.05, 0) is 18.6 Å². The van der Waals surface area contributed by atoms with Crippen molar-refractivity contribution in [3.8, 4) is 0 Å². The quantitative estimate of drug-likeness (QED) is 0.767. The normalized spacial score (nSPS) is 21.6. The monoisotopic (exact) mass is 196 g/mol. The molecule has 2 rings (SSSR count). The molecule has 3 nitrogen and oxygen atoms in total. The second kappa shape index (κ2) is 3.92. The van der Waals surface area contributed by atoms with Crippen LogP contribution in [0.3, 0.4) is 0 Å². The summed E-state index contributed by atoms with van der Waals surface area (Å²) in [5.74, 6) is 0.381. The topological polar surface area (TPSA) is 36.4 Å². The Balaban J connectivity index is 2.13. The third-order valence-electron chi connectivity index (χ3n) is 2.58. The third kappa shape index (κ3) is 1.70. The molecule has 0 aromatic carbocycles. The molecule has 1 aromatic rings. The predicted molar refractivity (Wildman–Crippen MR) is 51.6 cm³/mol. The zero-order chi connectivity index (χ0) is 9.97. The molecule has 0 radical (unpaired) electrons. The average Bonchev–Trinajstić information content (AvgIpc) is 2.67. The maximum atomic E-state index is 13.3. The van der Waals surface area contributed by atoms with Crippen molar-refractivity contribution in [1.29, 1.82) is 0 Å². The van der Waals surface area contributed by atoms with Crippen LogP contribution in [0.2, 0.25) is 0 Å². The van der Waals surface area contributed by atoms with Gasteiger partial charge in [0, 0.05) is 31.8 Å². The second-order valence-electron chi connectivity index (χ2n) is 3.59. The van der Waals surface area contributed by atoms with Gasteiger partial charge in [0.2, 0.25) is 0 Å². The van der Waals surface area contributed by atoms with E-state index in [0.717, 1.165) is 13.0 Å². The van der Waals surface area contributed by atoms with E-state index in [0.29, 0.717) is 12.4 Å². The first-order chi connectivity index (χ1) is 6.81. The lowest BCUT2D eigenvalue weighted by Crippen LogP contribution is -2.22. The lowest BCUT2D eigenvalue weighted by Gasteiger charge is -2.17. The summed E-state index contributed by atoms with van der Waals surface area (Å²) < 4.78 is 13.3. The van der Waals surface area contributed by atoms with E-state index in [4.69, 9.17) is 5.11 Å². The van der Waals surface area contributed by atoms with Gasteiger partial charge in [-0.25, -0.2) is 9.37 Å². The van der Waals surface area contributed by atoms with Crippen LogP contribution in [0.1, 0.15) is 6.42 Å². The summed E-state index contributed by atoms with van der Waals surface area (Å²) in [4.78, 5) is 5.88. The minimum absolute atomic E-state index is 0.172. The van der Waals surface area contributed by atoms with Gasteiger partial charge in [0.25, 0.3) is 0 Å². The summed E-state index contributed by atoms with van der Waals surface area (Å²) in [5.41, 5.74) is 0. The smallest absolute Gasteiger partial charge is 0.165 e. The molecule has 1 N–H and O–H groups in total. The van der Waals surface area contributed by atoms with E-state index in [1.807, 2.05) is 4.90 Å². The summed E-state index contributed by atoms with van der Waals surface area (Å²) in [5, 5.41) is 8.96. The Morgan fingerprint density at radius 2 is 2.50 bits per heavy atom. The number of aromatic nitrogens is 1. The van der Waals surface area contributed by atoms with E-state index in [1.54, 1.807) is 12.3 Å². The second-order valence-corrected chi connectivity index (χ2v) is 3.59. The van der Waals surface area contributed by atoms with Crippen LogP contribution in [0.5, 0.6) is 0 Å². The number of nitrogens with zero attached hydrogens (tertiary/aromatic N) is 2. The summed E-state index contributed by atoms with van der Waals surface area (Å²) in [6.07, 6.45) is 2.50. The zero-order valence-electron chi connectivity index (χ0n) is 7.86. The molecule has 0 bridgehead atoms. The number of rotatable bonds is 2. The predicted octanol–water partition coefficient (Wildman–Crippen LogP) is 1.04. The maximum absolute atomic E-state index is 13.3. The molecule has 14 heavy (non-hydrogen) atoms. The molecular weight excluding hydrogens is 183 g/mol. The molecule has 76 valence electrons. The van der Waals surface area contributed by atoms with Crippen molar-refractivity contribution in [2.24, 2.45) is 5.92 Å². The van der Waals surface area contributed by atoms with Crippen molar-refractivity contribution >= 4 is 5.82 Å². The zero-order valence-corrected chi connectivity index (χ0v) is 7.86. The lowest BCUT2D eigenvalue weighted by atomic mass is 10.1. The molecule has 1 aromatic heterocycles. The number of hydrogen-bond acceptors (Lipinski definition) is 3. The fourth-order valence-corrected chi connectivity index (χ4v) is 1.78. The summed E-state index contributed by atoms with van der Waals surface area (Å²) in [6.45, 7) is 1.65. The van der Waals surface area contributed by atoms with Gasteiger partial charge in [-0.2, -0.15) is 0 Å². The number of anilines is 1. The largest absolute Gasteiger partial charge is 0.396 e. The Hall–Kier alpha value is -1.16. The van der Waals surface area contributed by atoms with Gasteiger partial charge in [0.15, 0.2) is 11.6 Å². The minimum Gasteiger partial charge on any atom is -0.396 e. The lowest BCUT2D eigenvalue weighted by molar-refractivity contribution is 0.238. The fraction of sp³-hybridized carbons (Fsp3) is 0.500. The van der Waals surface area contributed by atoms with Crippen LogP contribution >= 0.6 is 0 Å². The first-order valence-corrected chi connectivity index (χ1v) is 4.77.